The van der Waals surface area contributed by atoms with Gasteiger partial charge in [0, 0.05) is 5.57 Å². The number of carbonyl (C=O) groups is 3. The molecule has 8 heteroatoms. The van der Waals surface area contributed by atoms with Gasteiger partial charge in [-0.3, -0.25) is 4.79 Å². The number of rotatable bonds is 12. The molecule has 29 heavy (non-hydrogen) atoms. The number of hydrogen-bond donors (Lipinski definition) is 2. The monoisotopic (exact) mass is 404 g/mol. The second kappa shape index (κ2) is 9.36. The average molecular weight is 404 g/mol. The fourth-order valence-corrected chi connectivity index (χ4v) is 3.00. The molecule has 0 saturated carbocycles. The van der Waals surface area contributed by atoms with Crippen molar-refractivity contribution in [1.82, 2.24) is 0 Å². The summed E-state index contributed by atoms with van der Waals surface area (Å²) in [6, 6.07) is 1.07. The van der Waals surface area contributed by atoms with Gasteiger partial charge in [0.25, 0.3) is 0 Å². The Kier molecular flexibility index (Phi) is 7.14. The van der Waals surface area contributed by atoms with Crippen molar-refractivity contribution >= 4 is 28.7 Å². The van der Waals surface area contributed by atoms with E-state index in [2.05, 4.69) is 6.58 Å². The van der Waals surface area contributed by atoms with Crippen LogP contribution < -0.4 is 10.2 Å². The van der Waals surface area contributed by atoms with E-state index in [1.165, 1.54) is 0 Å². The fraction of sp³-hybridized carbons (Fsp3) is 0.429. The Morgan fingerprint density at radius 2 is 1.76 bits per heavy atom. The standard InChI is InChI=1S/C21H24O8/c1-4-5-7-12(29-21(27)11(2)3)8-6-9-28-14-10-13(19(23)24)15(20(25)26)17-16(14)18(17)22/h10,12H,2,4-9H2,1,3H3,(H,23,24)(H,25,26). The predicted octanol–water partition coefficient (Wildman–Crippen LogP) is 3.31. The van der Waals surface area contributed by atoms with Crippen LogP contribution in [0.2, 0.25) is 0 Å². The number of fused-ring (bicyclic) bond motifs is 1. The molecule has 0 amide bonds. The number of aromatic carboxylic acids is 2. The van der Waals surface area contributed by atoms with Crippen molar-refractivity contribution in [2.24, 2.45) is 0 Å². The molecule has 0 aliphatic rings. The lowest BCUT2D eigenvalue weighted by molar-refractivity contribution is -0.145. The van der Waals surface area contributed by atoms with Crippen LogP contribution in [-0.2, 0) is 9.53 Å². The van der Waals surface area contributed by atoms with Gasteiger partial charge in [0.2, 0.25) is 0 Å². The summed E-state index contributed by atoms with van der Waals surface area (Å²) < 4.78 is 11.0. The van der Waals surface area contributed by atoms with Crippen molar-refractivity contribution in [3.05, 3.63) is 39.6 Å². The summed E-state index contributed by atoms with van der Waals surface area (Å²) in [5.41, 5.74) is -1.17. The van der Waals surface area contributed by atoms with Crippen molar-refractivity contribution in [3.8, 4) is 5.75 Å². The first-order chi connectivity index (χ1) is 13.7. The highest BCUT2D eigenvalue weighted by atomic mass is 16.5. The third-order valence-corrected chi connectivity index (χ3v) is 4.56. The number of unbranched alkanes of at least 4 members (excludes halogenated alkanes) is 1. The van der Waals surface area contributed by atoms with Crippen LogP contribution in [0.5, 0.6) is 5.75 Å². The van der Waals surface area contributed by atoms with Crippen LogP contribution in [0.15, 0.2) is 23.0 Å². The van der Waals surface area contributed by atoms with Crippen molar-refractivity contribution < 1.29 is 34.1 Å². The first kappa shape index (κ1) is 22.1. The number of benzene rings is 1. The zero-order valence-corrected chi connectivity index (χ0v) is 16.4. The molecule has 8 nitrogen and oxygen atoms in total. The average Bonchev–Trinajstić information content (AvgIpc) is 3.32. The van der Waals surface area contributed by atoms with Crippen molar-refractivity contribution in [2.45, 2.75) is 52.1 Å². The predicted molar refractivity (Wildman–Crippen MR) is 105 cm³/mol. The third-order valence-electron chi connectivity index (χ3n) is 4.56. The number of hydrogen-bond acceptors (Lipinski definition) is 6. The highest BCUT2D eigenvalue weighted by Gasteiger charge is 2.31. The van der Waals surface area contributed by atoms with Crippen LogP contribution in [0.1, 0.15) is 66.7 Å². The number of carbonyl (C=O) groups excluding carboxylic acids is 1. The molecular formula is C21H24O8. The van der Waals surface area contributed by atoms with E-state index in [1.54, 1.807) is 6.92 Å². The second-order valence-corrected chi connectivity index (χ2v) is 6.93. The lowest BCUT2D eigenvalue weighted by Gasteiger charge is -2.18. The van der Waals surface area contributed by atoms with Crippen molar-refractivity contribution in [2.75, 3.05) is 6.61 Å². The molecule has 0 saturated heterocycles. The Hall–Kier alpha value is -3.16. The topological polar surface area (TPSA) is 127 Å². The van der Waals surface area contributed by atoms with Crippen LogP contribution in [0.3, 0.4) is 0 Å². The summed E-state index contributed by atoms with van der Waals surface area (Å²) in [6.45, 7) is 7.35. The van der Waals surface area contributed by atoms with E-state index < -0.39 is 34.5 Å². The lowest BCUT2D eigenvalue weighted by Crippen LogP contribution is -2.19. The lowest BCUT2D eigenvalue weighted by atomic mass is 10.1. The van der Waals surface area contributed by atoms with Gasteiger partial charge in [0.15, 0.2) is 5.43 Å². The van der Waals surface area contributed by atoms with Gasteiger partial charge in [-0.25, -0.2) is 14.4 Å². The molecule has 2 rings (SSSR count). The summed E-state index contributed by atoms with van der Waals surface area (Å²) in [4.78, 5) is 46.3. The SMILES string of the molecule is C=C(C)C(=O)OC(CCCC)CCCOc1cc(C(=O)O)c(C(=O)O)c2c(=O)c12. The molecule has 0 aliphatic carbocycles. The van der Waals surface area contributed by atoms with E-state index in [-0.39, 0.29) is 29.2 Å². The molecule has 2 N–H and O–H groups in total. The summed E-state index contributed by atoms with van der Waals surface area (Å²) in [6.07, 6.45) is 3.32. The molecule has 0 aliphatic heterocycles. The Morgan fingerprint density at radius 3 is 2.31 bits per heavy atom. The minimum atomic E-state index is -1.46. The summed E-state index contributed by atoms with van der Waals surface area (Å²) in [5, 5.41) is 18.4. The minimum Gasteiger partial charge on any atom is -0.493 e. The Morgan fingerprint density at radius 1 is 1.10 bits per heavy atom. The molecule has 1 unspecified atom stereocenters. The molecule has 0 spiro atoms. The highest BCUT2D eigenvalue weighted by molar-refractivity contribution is 6.19. The summed E-state index contributed by atoms with van der Waals surface area (Å²) in [5.74, 6) is -3.29. The van der Waals surface area contributed by atoms with Gasteiger partial charge in [-0.1, -0.05) is 26.3 Å². The molecule has 0 heterocycles. The Labute approximate surface area is 167 Å². The maximum Gasteiger partial charge on any atom is 0.337 e. The number of carboxylic acid groups (broad SMARTS) is 2. The maximum atomic E-state index is 11.9. The van der Waals surface area contributed by atoms with E-state index in [9.17, 15) is 29.4 Å². The smallest absolute Gasteiger partial charge is 0.337 e. The molecule has 0 radical (unpaired) electrons. The molecule has 1 atom stereocenters. The molecule has 2 aromatic rings. The van der Waals surface area contributed by atoms with E-state index in [0.717, 1.165) is 18.9 Å². The van der Waals surface area contributed by atoms with Crippen LogP contribution >= 0.6 is 0 Å². The van der Waals surface area contributed by atoms with E-state index in [0.29, 0.717) is 24.8 Å². The zero-order valence-electron chi connectivity index (χ0n) is 16.4. The van der Waals surface area contributed by atoms with Crippen LogP contribution in [0, 0.1) is 0 Å². The number of esters is 1. The van der Waals surface area contributed by atoms with Crippen LogP contribution in [-0.4, -0.2) is 40.8 Å². The Balaban J connectivity index is 2.03. The molecule has 0 aromatic heterocycles. The van der Waals surface area contributed by atoms with Crippen LogP contribution in [0.4, 0.5) is 0 Å². The van der Waals surface area contributed by atoms with E-state index in [4.69, 9.17) is 9.47 Å². The largest absolute Gasteiger partial charge is 0.493 e. The second-order valence-electron chi connectivity index (χ2n) is 6.93. The highest BCUT2D eigenvalue weighted by Crippen LogP contribution is 2.34. The van der Waals surface area contributed by atoms with Gasteiger partial charge in [-0.2, -0.15) is 0 Å². The van der Waals surface area contributed by atoms with Gasteiger partial charge < -0.3 is 19.7 Å². The van der Waals surface area contributed by atoms with Gasteiger partial charge in [0.05, 0.1) is 28.5 Å². The Bertz CT molecular complexity index is 961. The quantitative estimate of drug-likeness (QED) is 0.313. The third kappa shape index (κ3) is 5.22. The van der Waals surface area contributed by atoms with Gasteiger partial charge in [-0.05, 0) is 32.3 Å². The molecule has 0 fully saturated rings. The van der Waals surface area contributed by atoms with Crippen molar-refractivity contribution in [3.63, 3.8) is 0 Å². The minimum absolute atomic E-state index is 0.0661. The molecule has 0 bridgehead atoms. The number of carboxylic acids is 2. The first-order valence-electron chi connectivity index (χ1n) is 9.40. The van der Waals surface area contributed by atoms with Gasteiger partial charge in [0.1, 0.15) is 11.9 Å². The van der Waals surface area contributed by atoms with E-state index >= 15 is 0 Å². The molecule has 2 aromatic carbocycles. The molecule has 156 valence electrons. The fourth-order valence-electron chi connectivity index (χ4n) is 3.00. The zero-order chi connectivity index (χ0) is 21.7. The first-order valence-corrected chi connectivity index (χ1v) is 9.40. The number of ether oxygens (including phenoxy) is 2. The summed E-state index contributed by atoms with van der Waals surface area (Å²) >= 11 is 0. The van der Waals surface area contributed by atoms with Crippen LogP contribution in [0.25, 0.3) is 10.8 Å². The summed E-state index contributed by atoms with van der Waals surface area (Å²) in [7, 11) is 0. The van der Waals surface area contributed by atoms with E-state index in [1.807, 2.05) is 6.92 Å². The molecular weight excluding hydrogens is 380 g/mol. The maximum absolute atomic E-state index is 11.9. The van der Waals surface area contributed by atoms with Gasteiger partial charge in [-0.15, -0.1) is 0 Å². The van der Waals surface area contributed by atoms with Crippen molar-refractivity contribution in [1.29, 1.82) is 0 Å². The van der Waals surface area contributed by atoms with Gasteiger partial charge >= 0.3 is 17.9 Å². The normalized spacial score (nSPS) is 12.1.